The van der Waals surface area contributed by atoms with Crippen LogP contribution < -0.4 is 24.8 Å². The average Bonchev–Trinajstić information content (AvgIpc) is 3.24. The molecule has 4 aromatic carbocycles. The van der Waals surface area contributed by atoms with Gasteiger partial charge in [0, 0.05) is 9.52 Å². The minimum atomic E-state index is 0. The van der Waals surface area contributed by atoms with Gasteiger partial charge in [0.1, 0.15) is 0 Å². The van der Waals surface area contributed by atoms with Crippen LogP contribution in [0.5, 0.6) is 0 Å². The first kappa shape index (κ1) is 32.8. The Kier molecular flexibility index (Phi) is 17.6. The molecule has 0 aromatic heterocycles. The maximum absolute atomic E-state index is 2.24. The number of hydrogen-bond donors (Lipinski definition) is 0. The number of rotatable bonds is 2. The van der Waals surface area contributed by atoms with Crippen molar-refractivity contribution in [2.45, 2.75) is 40.8 Å². The molecule has 0 aliphatic heterocycles. The second kappa shape index (κ2) is 17.2. The number of benzene rings is 2. The Hall–Kier alpha value is -1.35. The predicted molar refractivity (Wildman–Crippen MR) is 133 cm³/mol. The van der Waals surface area contributed by atoms with Crippen LogP contribution in [0.2, 0.25) is 13.1 Å². The van der Waals surface area contributed by atoms with E-state index in [1.54, 1.807) is 0 Å². The molecule has 4 heteroatoms. The molecule has 0 unspecified atom stereocenters. The van der Waals surface area contributed by atoms with Gasteiger partial charge < -0.3 is 24.8 Å². The molecule has 0 aliphatic rings. The molecule has 32 heavy (non-hydrogen) atoms. The minimum Gasteiger partial charge on any atom is -1.00 e. The first-order valence-electron chi connectivity index (χ1n) is 10.3. The van der Waals surface area contributed by atoms with E-state index in [2.05, 4.69) is 126 Å². The van der Waals surface area contributed by atoms with Crippen molar-refractivity contribution >= 4 is 9.52 Å². The largest absolute Gasteiger partial charge is 4.00 e. The molecule has 0 aliphatic carbocycles. The molecule has 1 radical (unpaired) electrons. The van der Waals surface area contributed by atoms with Crippen molar-refractivity contribution in [3.8, 4) is 22.3 Å². The van der Waals surface area contributed by atoms with Gasteiger partial charge in [-0.05, 0) is 0 Å². The van der Waals surface area contributed by atoms with Crippen LogP contribution in [-0.2, 0) is 21.7 Å². The number of hydrogen-bond acceptors (Lipinski definition) is 0. The normalized spacial score (nSPS) is 8.94. The van der Waals surface area contributed by atoms with Crippen molar-refractivity contribution < 1.29 is 46.5 Å². The molecule has 0 N–H and O–H groups in total. The summed E-state index contributed by atoms with van der Waals surface area (Å²) >= 11 is 0. The van der Waals surface area contributed by atoms with E-state index in [4.69, 9.17) is 0 Å². The van der Waals surface area contributed by atoms with Crippen molar-refractivity contribution in [3.63, 3.8) is 0 Å². The van der Waals surface area contributed by atoms with Gasteiger partial charge in [-0.3, -0.25) is 0 Å². The Bertz CT molecular complexity index is 907. The van der Waals surface area contributed by atoms with E-state index in [0.717, 1.165) is 9.52 Å². The fourth-order valence-corrected chi connectivity index (χ4v) is 3.46. The van der Waals surface area contributed by atoms with Crippen molar-refractivity contribution in [3.05, 3.63) is 107 Å². The van der Waals surface area contributed by atoms with E-state index in [0.29, 0.717) is 0 Å². The van der Waals surface area contributed by atoms with Gasteiger partial charge in [0.25, 0.3) is 0 Å². The summed E-state index contributed by atoms with van der Waals surface area (Å²) in [4.78, 5) is 0. The summed E-state index contributed by atoms with van der Waals surface area (Å²) in [7, 11) is 0.750. The van der Waals surface area contributed by atoms with E-state index < -0.39 is 0 Å². The van der Waals surface area contributed by atoms with E-state index >= 15 is 0 Å². The molecule has 0 nitrogen and oxygen atoms in total. The SMILES string of the molecule is C[SiH]C.Cc1cc(C)c(-c2ccccc2)[cH-]1.Cc1cc(C)c(-c2ccccc2)[cH-]1.[Cl-].[Cl-].[Ti+4]. The zero-order valence-corrected chi connectivity index (χ0v) is 24.1. The van der Waals surface area contributed by atoms with Gasteiger partial charge in [-0.15, -0.1) is 34.4 Å². The first-order chi connectivity index (χ1) is 14.0. The van der Waals surface area contributed by atoms with Gasteiger partial charge in [-0.1, -0.05) is 113 Å². The van der Waals surface area contributed by atoms with Crippen LogP contribution in [0.25, 0.3) is 22.3 Å². The van der Waals surface area contributed by atoms with Crippen LogP contribution in [0.3, 0.4) is 0 Å². The summed E-state index contributed by atoms with van der Waals surface area (Å²) in [6.07, 6.45) is 0. The Morgan fingerprint density at radius 1 is 0.562 bits per heavy atom. The maximum Gasteiger partial charge on any atom is 4.00 e. The monoisotopic (exact) mass is 515 g/mol. The number of aryl methyl sites for hydroxylation is 4. The fourth-order valence-electron chi connectivity index (χ4n) is 3.46. The molecule has 4 aromatic rings. The van der Waals surface area contributed by atoms with Crippen molar-refractivity contribution in [2.75, 3.05) is 0 Å². The summed E-state index contributed by atoms with van der Waals surface area (Å²) in [5, 5.41) is 0. The van der Waals surface area contributed by atoms with Crippen LogP contribution in [0.1, 0.15) is 22.3 Å². The van der Waals surface area contributed by atoms with Gasteiger partial charge in [-0.25, -0.2) is 0 Å². The molecule has 0 bridgehead atoms. The molecule has 167 valence electrons. The van der Waals surface area contributed by atoms with Crippen LogP contribution in [0.15, 0.2) is 84.9 Å². The first-order valence-corrected chi connectivity index (χ1v) is 12.6. The van der Waals surface area contributed by atoms with Crippen molar-refractivity contribution in [1.29, 1.82) is 0 Å². The van der Waals surface area contributed by atoms with Gasteiger partial charge in [0.05, 0.1) is 0 Å². The number of halogens is 2. The Balaban J connectivity index is 0. The standard InChI is InChI=1S/2C13H13.C2H7Si.2ClH.Ti/c2*1-10-8-11(2)13(9-10)12-6-4-3-5-7-12;1-3-2;;;/h2*3-9H,1-2H3;3H,1-2H3;2*1H;/q2*-1;;;;+4/p-2. The summed E-state index contributed by atoms with van der Waals surface area (Å²) in [6.45, 7) is 13.0. The van der Waals surface area contributed by atoms with E-state index in [9.17, 15) is 0 Å². The molecule has 0 atom stereocenters. The van der Waals surface area contributed by atoms with E-state index in [1.165, 1.54) is 44.5 Å². The summed E-state index contributed by atoms with van der Waals surface area (Å²) in [5.74, 6) is 0. The molecule has 4 rings (SSSR count). The van der Waals surface area contributed by atoms with Gasteiger partial charge in [0.2, 0.25) is 0 Å². The zero-order chi connectivity index (χ0) is 21.2. The van der Waals surface area contributed by atoms with E-state index in [1.807, 2.05) is 0 Å². The van der Waals surface area contributed by atoms with Gasteiger partial charge >= 0.3 is 21.7 Å². The average molecular weight is 516 g/mol. The second-order valence-corrected chi connectivity index (χ2v) is 8.72. The maximum atomic E-state index is 2.24. The van der Waals surface area contributed by atoms with Crippen molar-refractivity contribution in [2.24, 2.45) is 0 Å². The van der Waals surface area contributed by atoms with E-state index in [-0.39, 0.29) is 46.5 Å². The Morgan fingerprint density at radius 2 is 0.844 bits per heavy atom. The molecular formula is C28H33Cl2SiTi. The third kappa shape index (κ3) is 10.1. The smallest absolute Gasteiger partial charge is 1.00 e. The second-order valence-electron chi connectivity index (χ2n) is 7.57. The van der Waals surface area contributed by atoms with Gasteiger partial charge in [0.15, 0.2) is 0 Å². The van der Waals surface area contributed by atoms with Gasteiger partial charge in [-0.2, -0.15) is 23.3 Å². The molecule has 0 amide bonds. The third-order valence-corrected chi connectivity index (χ3v) is 4.65. The molecule has 0 saturated carbocycles. The summed E-state index contributed by atoms with van der Waals surface area (Å²) in [5.41, 5.74) is 10.8. The molecule has 0 fully saturated rings. The third-order valence-electron chi connectivity index (χ3n) is 4.65. The molecule has 0 spiro atoms. The fraction of sp³-hybridized carbons (Fsp3) is 0.214. The molecular weight excluding hydrogens is 483 g/mol. The minimum absolute atomic E-state index is 0. The Morgan fingerprint density at radius 3 is 1.06 bits per heavy atom. The van der Waals surface area contributed by atoms with Crippen LogP contribution in [0, 0.1) is 27.7 Å². The summed E-state index contributed by atoms with van der Waals surface area (Å²) < 4.78 is 0. The summed E-state index contributed by atoms with van der Waals surface area (Å²) in [6, 6.07) is 30.0. The molecule has 0 heterocycles. The van der Waals surface area contributed by atoms with Crippen LogP contribution in [-0.4, -0.2) is 9.52 Å². The van der Waals surface area contributed by atoms with Crippen LogP contribution >= 0.6 is 0 Å². The topological polar surface area (TPSA) is 0 Å². The van der Waals surface area contributed by atoms with Crippen molar-refractivity contribution in [1.82, 2.24) is 0 Å². The molecule has 0 saturated heterocycles. The van der Waals surface area contributed by atoms with Crippen LogP contribution in [0.4, 0.5) is 0 Å². The quantitative estimate of drug-likeness (QED) is 0.282. The zero-order valence-electron chi connectivity index (χ0n) is 19.9. The predicted octanol–water partition coefficient (Wildman–Crippen LogP) is 1.90. The Labute approximate surface area is 225 Å².